The zero-order valence-corrected chi connectivity index (χ0v) is 9.56. The molecule has 0 N–H and O–H groups in total. The minimum atomic E-state index is 0. The summed E-state index contributed by atoms with van der Waals surface area (Å²) in [7, 11) is 0. The van der Waals surface area contributed by atoms with Gasteiger partial charge in [-0.1, -0.05) is 0 Å². The first-order chi connectivity index (χ1) is 1.00. The van der Waals surface area contributed by atoms with Gasteiger partial charge in [-0.25, -0.2) is 0 Å². The van der Waals surface area contributed by atoms with Crippen molar-refractivity contribution in [1.29, 1.82) is 0 Å². The Kier molecular flexibility index (Phi) is 200. The van der Waals surface area contributed by atoms with Gasteiger partial charge in [-0.15, -0.1) is 0 Å². The van der Waals surface area contributed by atoms with Gasteiger partial charge in [0.25, 0.3) is 0 Å². The van der Waals surface area contributed by atoms with Crippen LogP contribution >= 0.6 is 0 Å². The Morgan fingerprint density at radius 3 is 1.17 bits per heavy atom. The molecule has 6 heteroatoms. The molecule has 0 bridgehead atoms. The fourth-order valence-corrected chi connectivity index (χ4v) is 0. The standard InChI is InChI=1S/Cu.Ga.In.Sb.HSe2.8H/c;;;;1-2;;;;;;;;/h;;;;1H;;;;;;;;. The van der Waals surface area contributed by atoms with E-state index in [4.69, 9.17) is 0 Å². The predicted molar refractivity (Wildman–Crippen MR) is 41.3 cm³/mol. The van der Waals surface area contributed by atoms with Crippen LogP contribution in [0.25, 0.3) is 0 Å². The van der Waals surface area contributed by atoms with Crippen LogP contribution in [0.5, 0.6) is 0 Å². The molecule has 0 atom stereocenters. The van der Waals surface area contributed by atoms with Crippen LogP contribution in [-0.2, 0) is 17.1 Å². The third-order valence-corrected chi connectivity index (χ3v) is 0. The van der Waals surface area contributed by atoms with E-state index in [1.54, 1.807) is 0 Å². The van der Waals surface area contributed by atoms with Gasteiger partial charge in [0, 0.05) is 17.1 Å². The van der Waals surface area contributed by atoms with Crippen LogP contribution in [0, 0.1) is 0 Å². The summed E-state index contributed by atoms with van der Waals surface area (Å²) in [5.74, 6) is 0. The molecule has 0 heterocycles. The van der Waals surface area contributed by atoms with E-state index in [1.807, 2.05) is 0 Å². The number of hydrogen-bond donors (Lipinski definition) is 0. The average Bonchev–Trinajstić information content (AvgIpc) is 1.00. The van der Waals surface area contributed by atoms with Gasteiger partial charge in [0.05, 0.1) is 0 Å². The zero-order chi connectivity index (χ0) is 2.00. The van der Waals surface area contributed by atoms with Crippen molar-refractivity contribution < 1.29 is 17.1 Å². The molecule has 0 aromatic carbocycles. The third kappa shape index (κ3) is 24.8. The van der Waals surface area contributed by atoms with E-state index < -0.39 is 0 Å². The van der Waals surface area contributed by atoms with Gasteiger partial charge < -0.3 is 0 Å². The molecule has 0 aliphatic rings. The fraction of sp³-hybridized carbons (Fsp3) is 0. The van der Waals surface area contributed by atoms with Crippen molar-refractivity contribution in [2.24, 2.45) is 0 Å². The molecular formula is H9CuGaInSbSe2. The Balaban J connectivity index is -0.000000000833. The van der Waals surface area contributed by atoms with E-state index in [2.05, 4.69) is 28.4 Å². The predicted octanol–water partition coefficient (Wildman–Crippen LogP) is -4.32. The molecule has 43 valence electrons. The SMILES string of the molecule is [Cu].[GaH3].[InH3].[SbH2].[Se][SeH]. The van der Waals surface area contributed by atoms with Gasteiger partial charge >= 0.3 is 98.4 Å². The molecule has 0 fully saturated rings. The van der Waals surface area contributed by atoms with E-state index in [0.717, 1.165) is 0 Å². The zero-order valence-electron chi connectivity index (χ0n) is 1.73. The first-order valence-corrected chi connectivity index (χ1v) is 4.93. The molecule has 0 amide bonds. The summed E-state index contributed by atoms with van der Waals surface area (Å²) in [4.78, 5) is 0. The summed E-state index contributed by atoms with van der Waals surface area (Å²) in [6, 6.07) is 0. The van der Waals surface area contributed by atoms with Crippen LogP contribution < -0.4 is 0 Å². The Labute approximate surface area is 113 Å². The molecule has 0 rings (SSSR count). The Bertz CT molecular complexity index is 13.5. The quantitative estimate of drug-likeness (QED) is 0.275. The van der Waals surface area contributed by atoms with Crippen molar-refractivity contribution in [3.8, 4) is 0 Å². The van der Waals surface area contributed by atoms with Gasteiger partial charge in [0.15, 0.2) is 0 Å². The van der Waals surface area contributed by atoms with Crippen molar-refractivity contribution in [3.63, 3.8) is 0 Å². The topological polar surface area (TPSA) is 0 Å². The molecule has 0 saturated heterocycles. The van der Waals surface area contributed by atoms with Gasteiger partial charge in [0.2, 0.25) is 0 Å². The Hall–Kier alpha value is 3.88. The summed E-state index contributed by atoms with van der Waals surface area (Å²) in [6.07, 6.45) is 0. The molecule has 0 spiro atoms. The molecule has 0 unspecified atom stereocenters. The summed E-state index contributed by atoms with van der Waals surface area (Å²) in [5, 5.41) is 0. The molecular weight excluding hydrogens is 528 g/mol. The molecule has 0 aromatic heterocycles. The molecule has 0 aliphatic heterocycles. The summed E-state index contributed by atoms with van der Waals surface area (Å²) in [6.45, 7) is 0. The number of hydrogen-bond acceptors (Lipinski definition) is 0. The maximum atomic E-state index is 2.56. The van der Waals surface area contributed by atoms with Gasteiger partial charge in [-0.2, -0.15) is 0 Å². The Morgan fingerprint density at radius 1 is 1.17 bits per heavy atom. The van der Waals surface area contributed by atoms with Crippen molar-refractivity contribution in [1.82, 2.24) is 0 Å². The first kappa shape index (κ1) is 32.7. The maximum absolute atomic E-state index is 2.56. The fourth-order valence-electron chi connectivity index (χ4n) is 0. The van der Waals surface area contributed by atoms with E-state index in [0.29, 0.717) is 0 Å². The second-order valence-corrected chi connectivity index (χ2v) is 0. The van der Waals surface area contributed by atoms with E-state index in [-0.39, 0.29) is 87.1 Å². The van der Waals surface area contributed by atoms with Crippen molar-refractivity contribution in [3.05, 3.63) is 0 Å². The van der Waals surface area contributed by atoms with Crippen molar-refractivity contribution in [2.45, 2.75) is 0 Å². The molecule has 0 nitrogen and oxygen atoms in total. The summed E-state index contributed by atoms with van der Waals surface area (Å²) >= 11 is 4.75. The van der Waals surface area contributed by atoms with Crippen LogP contribution in [0.15, 0.2) is 0 Å². The molecule has 3 radical (unpaired) electrons. The second-order valence-electron chi connectivity index (χ2n) is 0. The molecule has 0 aliphatic carbocycles. The Morgan fingerprint density at radius 2 is 1.17 bits per heavy atom. The van der Waals surface area contributed by atoms with Crippen LogP contribution in [0.1, 0.15) is 0 Å². The normalized spacial score (nSPS) is 1.00. The third-order valence-electron chi connectivity index (χ3n) is 0. The van der Waals surface area contributed by atoms with E-state index >= 15 is 0 Å². The van der Waals surface area contributed by atoms with Gasteiger partial charge in [-0.3, -0.25) is 0 Å². The van der Waals surface area contributed by atoms with Crippen molar-refractivity contribution in [2.75, 3.05) is 0 Å². The van der Waals surface area contributed by atoms with Crippen LogP contribution in [0.3, 0.4) is 0 Å². The van der Waals surface area contributed by atoms with Gasteiger partial charge in [-0.05, 0) is 0 Å². The van der Waals surface area contributed by atoms with Crippen LogP contribution in [0.2, 0.25) is 0 Å². The van der Waals surface area contributed by atoms with E-state index in [1.165, 1.54) is 0 Å². The molecule has 0 aromatic rings. The first-order valence-electron chi connectivity index (χ1n) is 0.183. The monoisotopic (exact) mass is 537 g/mol. The molecule has 0 saturated carbocycles. The minimum absolute atomic E-state index is 0. The molecule has 6 heavy (non-hydrogen) atoms. The van der Waals surface area contributed by atoms with Crippen LogP contribution in [0.4, 0.5) is 0 Å². The van der Waals surface area contributed by atoms with E-state index in [9.17, 15) is 0 Å². The average molecular weight is 537 g/mol. The summed E-state index contributed by atoms with van der Waals surface area (Å²) in [5.41, 5.74) is 0. The van der Waals surface area contributed by atoms with Crippen molar-refractivity contribution >= 4 is 98.4 Å². The summed E-state index contributed by atoms with van der Waals surface area (Å²) < 4.78 is 0. The second kappa shape index (κ2) is 36.6. The number of rotatable bonds is 0. The van der Waals surface area contributed by atoms with Gasteiger partial charge in [0.1, 0.15) is 0 Å². The van der Waals surface area contributed by atoms with Crippen LogP contribution in [-0.4, -0.2) is 98.4 Å².